The highest BCUT2D eigenvalue weighted by atomic mass is 79.9. The van der Waals surface area contributed by atoms with E-state index in [9.17, 15) is 4.79 Å². The standard InChI is InChI=1S/C16H17BrN2O/c1-11-9-14(7-8-15(11)17)18-10-13-5-3-4-6-16(13)19-12(2)20/h3-9,18H,10H2,1-2H3,(H,19,20). The lowest BCUT2D eigenvalue weighted by atomic mass is 10.1. The largest absolute Gasteiger partial charge is 0.381 e. The van der Waals surface area contributed by atoms with E-state index in [0.29, 0.717) is 6.54 Å². The molecule has 0 saturated carbocycles. The van der Waals surface area contributed by atoms with Crippen LogP contribution in [0, 0.1) is 6.92 Å². The number of hydrogen-bond acceptors (Lipinski definition) is 2. The van der Waals surface area contributed by atoms with Crippen LogP contribution in [0.25, 0.3) is 0 Å². The zero-order valence-corrected chi connectivity index (χ0v) is 13.1. The summed E-state index contributed by atoms with van der Waals surface area (Å²) in [6.07, 6.45) is 0. The number of carbonyl (C=O) groups is 1. The number of rotatable bonds is 4. The van der Waals surface area contributed by atoms with E-state index in [2.05, 4.69) is 39.6 Å². The zero-order chi connectivity index (χ0) is 14.5. The molecule has 0 atom stereocenters. The van der Waals surface area contributed by atoms with Gasteiger partial charge in [0.1, 0.15) is 0 Å². The molecule has 0 spiro atoms. The maximum atomic E-state index is 11.2. The molecule has 2 aromatic carbocycles. The monoisotopic (exact) mass is 332 g/mol. The van der Waals surface area contributed by atoms with Gasteiger partial charge in [0.25, 0.3) is 0 Å². The predicted molar refractivity (Wildman–Crippen MR) is 87.0 cm³/mol. The van der Waals surface area contributed by atoms with Gasteiger partial charge < -0.3 is 10.6 Å². The third-order valence-electron chi connectivity index (χ3n) is 2.97. The quantitative estimate of drug-likeness (QED) is 0.874. The van der Waals surface area contributed by atoms with Gasteiger partial charge in [-0.05, 0) is 42.3 Å². The van der Waals surface area contributed by atoms with Crippen LogP contribution in [-0.4, -0.2) is 5.91 Å². The van der Waals surface area contributed by atoms with E-state index in [4.69, 9.17) is 0 Å². The molecule has 0 saturated heterocycles. The lowest BCUT2D eigenvalue weighted by Crippen LogP contribution is -2.10. The third-order valence-corrected chi connectivity index (χ3v) is 3.86. The lowest BCUT2D eigenvalue weighted by molar-refractivity contribution is -0.114. The Kier molecular flexibility index (Phi) is 4.79. The van der Waals surface area contributed by atoms with E-state index in [0.717, 1.165) is 21.4 Å². The molecule has 4 heteroatoms. The summed E-state index contributed by atoms with van der Waals surface area (Å²) >= 11 is 3.49. The Labute approximate surface area is 127 Å². The first-order chi connectivity index (χ1) is 9.56. The summed E-state index contributed by atoms with van der Waals surface area (Å²) in [5.74, 6) is -0.0584. The molecule has 2 rings (SSSR count). The van der Waals surface area contributed by atoms with Crippen LogP contribution in [0.4, 0.5) is 11.4 Å². The Bertz CT molecular complexity index is 626. The summed E-state index contributed by atoms with van der Waals surface area (Å²) in [5.41, 5.74) is 4.15. The van der Waals surface area contributed by atoms with E-state index in [1.54, 1.807) is 0 Å². The molecule has 0 fully saturated rings. The normalized spacial score (nSPS) is 10.2. The molecule has 3 nitrogen and oxygen atoms in total. The molecule has 0 radical (unpaired) electrons. The fourth-order valence-electron chi connectivity index (χ4n) is 1.94. The van der Waals surface area contributed by atoms with Crippen LogP contribution >= 0.6 is 15.9 Å². The smallest absolute Gasteiger partial charge is 0.221 e. The first-order valence-corrected chi connectivity index (χ1v) is 7.21. The van der Waals surface area contributed by atoms with Crippen molar-refractivity contribution in [2.24, 2.45) is 0 Å². The molecule has 20 heavy (non-hydrogen) atoms. The van der Waals surface area contributed by atoms with Crippen LogP contribution in [0.3, 0.4) is 0 Å². The van der Waals surface area contributed by atoms with Crippen molar-refractivity contribution in [1.82, 2.24) is 0 Å². The van der Waals surface area contributed by atoms with Gasteiger partial charge in [-0.2, -0.15) is 0 Å². The fraction of sp³-hybridized carbons (Fsp3) is 0.188. The van der Waals surface area contributed by atoms with Crippen molar-refractivity contribution in [3.63, 3.8) is 0 Å². The van der Waals surface area contributed by atoms with Crippen molar-refractivity contribution in [2.75, 3.05) is 10.6 Å². The number of benzene rings is 2. The highest BCUT2D eigenvalue weighted by Gasteiger charge is 2.03. The lowest BCUT2D eigenvalue weighted by Gasteiger charge is -2.12. The van der Waals surface area contributed by atoms with E-state index in [1.807, 2.05) is 36.4 Å². The van der Waals surface area contributed by atoms with Crippen LogP contribution in [0.1, 0.15) is 18.1 Å². The van der Waals surface area contributed by atoms with Crippen molar-refractivity contribution in [2.45, 2.75) is 20.4 Å². The summed E-state index contributed by atoms with van der Waals surface area (Å²) in [7, 11) is 0. The third kappa shape index (κ3) is 3.84. The molecule has 2 N–H and O–H groups in total. The molecular formula is C16H17BrN2O. The molecule has 0 unspecified atom stereocenters. The predicted octanol–water partition coefficient (Wildman–Crippen LogP) is 4.33. The van der Waals surface area contributed by atoms with Crippen molar-refractivity contribution < 1.29 is 4.79 Å². The number of aryl methyl sites for hydroxylation is 1. The molecule has 2 aromatic rings. The molecule has 0 aliphatic heterocycles. The van der Waals surface area contributed by atoms with Gasteiger partial charge in [-0.1, -0.05) is 34.1 Å². The van der Waals surface area contributed by atoms with Gasteiger partial charge in [-0.15, -0.1) is 0 Å². The Hall–Kier alpha value is -1.81. The molecule has 0 heterocycles. The highest BCUT2D eigenvalue weighted by Crippen LogP contribution is 2.22. The van der Waals surface area contributed by atoms with Crippen molar-refractivity contribution in [1.29, 1.82) is 0 Å². The SMILES string of the molecule is CC(=O)Nc1ccccc1CNc1ccc(Br)c(C)c1. The van der Waals surface area contributed by atoms with Gasteiger partial charge in [0.15, 0.2) is 0 Å². The molecule has 104 valence electrons. The Balaban J connectivity index is 2.10. The number of para-hydroxylation sites is 1. The van der Waals surface area contributed by atoms with Crippen LogP contribution in [0.2, 0.25) is 0 Å². The minimum Gasteiger partial charge on any atom is -0.381 e. The number of halogens is 1. The average Bonchev–Trinajstić information content (AvgIpc) is 2.41. The summed E-state index contributed by atoms with van der Waals surface area (Å²) in [6.45, 7) is 4.24. The molecule has 1 amide bonds. The summed E-state index contributed by atoms with van der Waals surface area (Å²) in [4.78, 5) is 11.2. The zero-order valence-electron chi connectivity index (χ0n) is 11.5. The van der Waals surface area contributed by atoms with Gasteiger partial charge >= 0.3 is 0 Å². The number of amides is 1. The number of hydrogen-bond donors (Lipinski definition) is 2. The Morgan fingerprint density at radius 3 is 2.65 bits per heavy atom. The fourth-order valence-corrected chi connectivity index (χ4v) is 2.18. The highest BCUT2D eigenvalue weighted by molar-refractivity contribution is 9.10. The molecule has 0 aliphatic carbocycles. The van der Waals surface area contributed by atoms with E-state index in [-0.39, 0.29) is 5.91 Å². The minimum absolute atomic E-state index is 0.0584. The van der Waals surface area contributed by atoms with Gasteiger partial charge in [-0.25, -0.2) is 0 Å². The summed E-state index contributed by atoms with van der Waals surface area (Å²) in [6, 6.07) is 13.9. The molecule has 0 aliphatic rings. The van der Waals surface area contributed by atoms with Crippen LogP contribution in [-0.2, 0) is 11.3 Å². The summed E-state index contributed by atoms with van der Waals surface area (Å²) in [5, 5.41) is 6.21. The topological polar surface area (TPSA) is 41.1 Å². The first-order valence-electron chi connectivity index (χ1n) is 6.42. The number of nitrogens with one attached hydrogen (secondary N) is 2. The Morgan fingerprint density at radius 2 is 1.95 bits per heavy atom. The molecule has 0 aromatic heterocycles. The van der Waals surface area contributed by atoms with Crippen molar-refractivity contribution in [3.05, 3.63) is 58.1 Å². The van der Waals surface area contributed by atoms with Gasteiger partial charge in [0.05, 0.1) is 0 Å². The van der Waals surface area contributed by atoms with E-state index < -0.39 is 0 Å². The van der Waals surface area contributed by atoms with Crippen molar-refractivity contribution >= 4 is 33.2 Å². The number of anilines is 2. The van der Waals surface area contributed by atoms with Crippen LogP contribution in [0.15, 0.2) is 46.9 Å². The molecule has 0 bridgehead atoms. The van der Waals surface area contributed by atoms with Gasteiger partial charge in [0, 0.05) is 29.3 Å². The maximum Gasteiger partial charge on any atom is 0.221 e. The average molecular weight is 333 g/mol. The van der Waals surface area contributed by atoms with E-state index in [1.165, 1.54) is 12.5 Å². The summed E-state index contributed by atoms with van der Waals surface area (Å²) < 4.78 is 1.10. The number of carbonyl (C=O) groups excluding carboxylic acids is 1. The second kappa shape index (κ2) is 6.57. The van der Waals surface area contributed by atoms with Gasteiger partial charge in [-0.3, -0.25) is 4.79 Å². The Morgan fingerprint density at radius 1 is 1.20 bits per heavy atom. The van der Waals surface area contributed by atoms with Crippen LogP contribution in [0.5, 0.6) is 0 Å². The first kappa shape index (κ1) is 14.6. The second-order valence-electron chi connectivity index (χ2n) is 4.66. The van der Waals surface area contributed by atoms with Gasteiger partial charge in [0.2, 0.25) is 5.91 Å². The van der Waals surface area contributed by atoms with Crippen LogP contribution < -0.4 is 10.6 Å². The minimum atomic E-state index is -0.0584. The maximum absolute atomic E-state index is 11.2. The van der Waals surface area contributed by atoms with Crippen molar-refractivity contribution in [3.8, 4) is 0 Å². The second-order valence-corrected chi connectivity index (χ2v) is 5.51. The molecular weight excluding hydrogens is 316 g/mol. The van der Waals surface area contributed by atoms with E-state index >= 15 is 0 Å².